The van der Waals surface area contributed by atoms with Crippen molar-refractivity contribution in [1.82, 2.24) is 0 Å². The largest absolute Gasteiger partial charge is 1.00 e. The molecule has 0 amide bonds. The van der Waals surface area contributed by atoms with E-state index in [2.05, 4.69) is 20.8 Å². The van der Waals surface area contributed by atoms with Gasteiger partial charge in [0.15, 0.2) is 0 Å². The van der Waals surface area contributed by atoms with E-state index in [4.69, 9.17) is 0 Å². The molecule has 4 nitrogen and oxygen atoms in total. The van der Waals surface area contributed by atoms with Crippen molar-refractivity contribution in [2.75, 3.05) is 0 Å². The molecule has 0 spiro atoms. The number of rotatable bonds is 32. The van der Waals surface area contributed by atoms with Crippen LogP contribution in [-0.2, 0) is 6.42 Å². The van der Waals surface area contributed by atoms with Crippen molar-refractivity contribution in [1.29, 1.82) is 0 Å². The predicted molar refractivity (Wildman–Crippen MR) is 199 cm³/mol. The Morgan fingerprint density at radius 3 is 1.11 bits per heavy atom. The Hall–Kier alpha value is -0.840. The van der Waals surface area contributed by atoms with Crippen molar-refractivity contribution in [3.8, 4) is 0 Å². The van der Waals surface area contributed by atoms with Crippen molar-refractivity contribution in [2.24, 2.45) is 0 Å². The number of carboxylic acid groups (broad SMARTS) is 2. The minimum atomic E-state index is -1.18. The van der Waals surface area contributed by atoms with Gasteiger partial charge in [0.2, 0.25) is 0 Å². The molecule has 1 aromatic carbocycles. The zero-order chi connectivity index (χ0) is 33.9. The minimum Gasteiger partial charge on any atom is -0.478 e. The number of carboxylic acids is 2. The maximum atomic E-state index is 11.5. The van der Waals surface area contributed by atoms with Gasteiger partial charge in [-0.25, -0.2) is 9.59 Å². The third-order valence-corrected chi connectivity index (χ3v) is 9.25. The van der Waals surface area contributed by atoms with Gasteiger partial charge < -0.3 is 17.1 Å². The van der Waals surface area contributed by atoms with Crippen LogP contribution in [0.3, 0.4) is 0 Å². The molecule has 1 rings (SSSR count). The van der Waals surface area contributed by atoms with Crippen LogP contribution in [0.4, 0.5) is 0 Å². The summed E-state index contributed by atoms with van der Waals surface area (Å²) in [5.41, 5.74) is 0.468. The molecule has 2 N–H and O–H groups in total. The van der Waals surface area contributed by atoms with Gasteiger partial charge in [0.25, 0.3) is 0 Å². The number of aryl methyl sites for hydroxylation is 1. The fraction of sp³-hybridized carbons (Fsp3) is 0.786. The number of hydrogen-bond acceptors (Lipinski definition) is 2. The molecule has 268 valence electrons. The molecular formula is C42H75NaO4. The number of unbranched alkanes of at least 4 members (excludes halogenated alkanes) is 28. The van der Waals surface area contributed by atoms with Crippen molar-refractivity contribution >= 4 is 11.9 Å². The Balaban J connectivity index is 0. The topological polar surface area (TPSA) is 74.6 Å². The number of benzene rings is 1. The van der Waals surface area contributed by atoms with Crippen molar-refractivity contribution in [3.63, 3.8) is 0 Å². The first-order valence-corrected chi connectivity index (χ1v) is 19.9. The van der Waals surface area contributed by atoms with Crippen LogP contribution in [0.25, 0.3) is 0 Å². The first-order chi connectivity index (χ1) is 22.5. The molecule has 0 bridgehead atoms. The monoisotopic (exact) mass is 667 g/mol. The number of hydrogen-bond donors (Lipinski definition) is 2. The fourth-order valence-electron chi connectivity index (χ4n) is 6.30. The van der Waals surface area contributed by atoms with E-state index in [9.17, 15) is 19.8 Å². The van der Waals surface area contributed by atoms with E-state index in [1.165, 1.54) is 179 Å². The van der Waals surface area contributed by atoms with E-state index in [1.807, 2.05) is 0 Å². The summed E-state index contributed by atoms with van der Waals surface area (Å²) in [5.74, 6) is -2.33. The third-order valence-electron chi connectivity index (χ3n) is 9.25. The Labute approximate surface area is 314 Å². The zero-order valence-electron chi connectivity index (χ0n) is 31.6. The molecule has 1 aromatic rings. The smallest absolute Gasteiger partial charge is 0.478 e. The molecule has 0 aliphatic heterocycles. The van der Waals surface area contributed by atoms with Gasteiger partial charge in [-0.1, -0.05) is 206 Å². The first kappa shape index (κ1) is 48.3. The van der Waals surface area contributed by atoms with Crippen LogP contribution in [0.2, 0.25) is 0 Å². The molecule has 0 fully saturated rings. The predicted octanol–water partition coefficient (Wildman–Crippen LogP) is 11.2. The first-order valence-electron chi connectivity index (χ1n) is 19.9. The van der Waals surface area contributed by atoms with Crippen molar-refractivity contribution in [3.05, 3.63) is 41.8 Å². The van der Waals surface area contributed by atoms with Gasteiger partial charge in [-0.3, -0.25) is 0 Å². The summed E-state index contributed by atoms with van der Waals surface area (Å²) in [6.45, 7) is 8.42. The van der Waals surface area contributed by atoms with Crippen LogP contribution in [0.5, 0.6) is 0 Å². The number of aromatic carboxylic acids is 2. The van der Waals surface area contributed by atoms with E-state index < -0.39 is 11.9 Å². The summed E-state index contributed by atoms with van der Waals surface area (Å²) >= 11 is 0. The Morgan fingerprint density at radius 1 is 0.489 bits per heavy atom. The fourth-order valence-corrected chi connectivity index (χ4v) is 6.30. The van der Waals surface area contributed by atoms with Gasteiger partial charge in [-0.05, 0) is 24.5 Å². The van der Waals surface area contributed by atoms with Crippen molar-refractivity contribution in [2.45, 2.75) is 213 Å². The van der Waals surface area contributed by atoms with Crippen LogP contribution in [0, 0.1) is 6.92 Å². The SMILES string of the molecule is CCCCCCCCCCCCCCCCCCc1cccc(C(=O)O)c1C(=O)O.[CH2-]CCCCCCCCCCCCCCC.[Na+]. The Kier molecular flexibility index (Phi) is 39.0. The van der Waals surface area contributed by atoms with Gasteiger partial charge in [-0.15, -0.1) is 0 Å². The van der Waals surface area contributed by atoms with E-state index in [1.54, 1.807) is 12.1 Å². The molecule has 0 aliphatic rings. The average Bonchev–Trinajstić information content (AvgIpc) is 3.05. The van der Waals surface area contributed by atoms with Crippen LogP contribution in [0.15, 0.2) is 18.2 Å². The molecule has 0 unspecified atom stereocenters. The zero-order valence-corrected chi connectivity index (χ0v) is 33.6. The van der Waals surface area contributed by atoms with E-state index in [0.717, 1.165) is 19.3 Å². The molecule has 0 atom stereocenters. The molecule has 47 heavy (non-hydrogen) atoms. The standard InChI is InChI=1S/C26H42O4.C16H33.Na/c1-2-3-4-5-6-7-8-9-10-11-12-13-14-15-16-17-19-22-20-18-21-23(25(27)28)24(22)26(29)30;1-3-5-7-9-11-13-15-16-14-12-10-8-6-4-2;/h18,20-21H,2-17,19H2,1H3,(H,27,28)(H,29,30);1,3-16H2,2H3;/q;-1;+1. The summed E-state index contributed by atoms with van der Waals surface area (Å²) in [7, 11) is 0. The van der Waals surface area contributed by atoms with Gasteiger partial charge in [-0.2, -0.15) is 6.42 Å². The summed E-state index contributed by atoms with van der Waals surface area (Å²) in [6.07, 6.45) is 41.3. The Morgan fingerprint density at radius 2 is 0.809 bits per heavy atom. The van der Waals surface area contributed by atoms with Gasteiger partial charge in [0.1, 0.15) is 0 Å². The molecule has 0 saturated carbocycles. The van der Waals surface area contributed by atoms with E-state index in [0.29, 0.717) is 12.0 Å². The van der Waals surface area contributed by atoms with E-state index >= 15 is 0 Å². The normalized spacial score (nSPS) is 10.7. The second-order valence-corrected chi connectivity index (χ2v) is 13.6. The van der Waals surface area contributed by atoms with Crippen LogP contribution in [0.1, 0.15) is 233 Å². The van der Waals surface area contributed by atoms with Crippen LogP contribution < -0.4 is 29.6 Å². The molecule has 0 radical (unpaired) electrons. The molecular weight excluding hydrogens is 591 g/mol. The molecule has 0 aromatic heterocycles. The van der Waals surface area contributed by atoms with Gasteiger partial charge >= 0.3 is 41.5 Å². The average molecular weight is 667 g/mol. The van der Waals surface area contributed by atoms with Crippen LogP contribution >= 0.6 is 0 Å². The van der Waals surface area contributed by atoms with E-state index in [-0.39, 0.29) is 40.7 Å². The second kappa shape index (κ2) is 38.0. The summed E-state index contributed by atoms with van der Waals surface area (Å²) < 4.78 is 0. The maximum absolute atomic E-state index is 11.5. The van der Waals surface area contributed by atoms with Crippen LogP contribution in [-0.4, -0.2) is 22.2 Å². The number of carbonyl (C=O) groups is 2. The minimum absolute atomic E-state index is 0. The quantitative estimate of drug-likeness (QED) is 0.0456. The van der Waals surface area contributed by atoms with Gasteiger partial charge in [0, 0.05) is 0 Å². The molecule has 0 saturated heterocycles. The van der Waals surface area contributed by atoms with Gasteiger partial charge in [0.05, 0.1) is 11.1 Å². The Bertz CT molecular complexity index is 811. The molecule has 5 heteroatoms. The second-order valence-electron chi connectivity index (χ2n) is 13.6. The maximum Gasteiger partial charge on any atom is 1.00 e. The summed E-state index contributed by atoms with van der Waals surface area (Å²) in [6, 6.07) is 4.74. The third kappa shape index (κ3) is 30.9. The summed E-state index contributed by atoms with van der Waals surface area (Å²) in [4.78, 5) is 22.7. The van der Waals surface area contributed by atoms with Crippen molar-refractivity contribution < 1.29 is 49.4 Å². The summed E-state index contributed by atoms with van der Waals surface area (Å²) in [5, 5.41) is 18.6. The molecule has 0 aliphatic carbocycles. The molecule has 0 heterocycles.